The van der Waals surface area contributed by atoms with E-state index in [0.717, 1.165) is 5.22 Å². The third kappa shape index (κ3) is 3.61. The molecule has 0 aromatic heterocycles. The van der Waals surface area contributed by atoms with Crippen LogP contribution in [0.4, 0.5) is 0 Å². The molecule has 0 fully saturated rings. The zero-order chi connectivity index (χ0) is 11.0. The molecule has 0 saturated carbocycles. The molecule has 0 aliphatic carbocycles. The Hall–Kier alpha value is -1.30. The van der Waals surface area contributed by atoms with Gasteiger partial charge in [0.2, 0.25) is 0 Å². The topological polar surface area (TPSA) is 0 Å². The van der Waals surface area contributed by atoms with Crippen molar-refractivity contribution in [3.63, 3.8) is 0 Å². The first-order valence-electron chi connectivity index (χ1n) is 5.13. The first-order chi connectivity index (χ1) is 6.75. The van der Waals surface area contributed by atoms with Crippen LogP contribution in [0, 0.1) is 0 Å². The highest BCUT2D eigenvalue weighted by Crippen LogP contribution is 1.90. The maximum Gasteiger partial charge on any atom is -0.0161 e. The van der Waals surface area contributed by atoms with E-state index in [1.165, 1.54) is 10.8 Å². The lowest BCUT2D eigenvalue weighted by molar-refractivity contribution is 1.48. The van der Waals surface area contributed by atoms with Crippen molar-refractivity contribution in [2.45, 2.75) is 27.7 Å². The lowest BCUT2D eigenvalue weighted by atomic mass is 10.1. The minimum absolute atomic E-state index is 1.09. The van der Waals surface area contributed by atoms with Gasteiger partial charge in [-0.1, -0.05) is 56.8 Å². The van der Waals surface area contributed by atoms with E-state index in [1.807, 2.05) is 45.0 Å². The summed E-state index contributed by atoms with van der Waals surface area (Å²) in [5.41, 5.74) is 1.27. The van der Waals surface area contributed by atoms with Crippen molar-refractivity contribution in [3.05, 3.63) is 46.9 Å². The molecular weight excluding hydrogens is 168 g/mol. The first-order valence-corrected chi connectivity index (χ1v) is 5.13. The van der Waals surface area contributed by atoms with Crippen molar-refractivity contribution >= 4 is 12.2 Å². The molecule has 0 amide bonds. The molecule has 1 aromatic rings. The van der Waals surface area contributed by atoms with Crippen LogP contribution in [-0.2, 0) is 0 Å². The summed E-state index contributed by atoms with van der Waals surface area (Å²) in [4.78, 5) is 0. The van der Waals surface area contributed by atoms with Crippen LogP contribution < -0.4 is 10.4 Å². The van der Waals surface area contributed by atoms with E-state index in [1.54, 1.807) is 0 Å². The van der Waals surface area contributed by atoms with Gasteiger partial charge in [-0.05, 0) is 29.9 Å². The predicted molar refractivity (Wildman–Crippen MR) is 66.5 cm³/mol. The molecule has 0 atom stereocenters. The van der Waals surface area contributed by atoms with Crippen molar-refractivity contribution < 1.29 is 0 Å². The fourth-order valence-corrected chi connectivity index (χ4v) is 1.24. The van der Waals surface area contributed by atoms with Gasteiger partial charge < -0.3 is 0 Å². The second kappa shape index (κ2) is 7.14. The smallest absolute Gasteiger partial charge is 0.0161 e. The van der Waals surface area contributed by atoms with Crippen molar-refractivity contribution in [1.82, 2.24) is 0 Å². The van der Waals surface area contributed by atoms with Gasteiger partial charge in [-0.2, -0.15) is 0 Å². The maximum absolute atomic E-state index is 3.97. The van der Waals surface area contributed by atoms with Gasteiger partial charge in [-0.3, -0.25) is 0 Å². The SMILES string of the molecule is C=c1cccc/c1=C(C)\C=C/C.CC. The molecule has 0 nitrogen and oxygen atoms in total. The van der Waals surface area contributed by atoms with E-state index in [2.05, 4.69) is 25.6 Å². The fraction of sp³-hybridized carbons (Fsp3) is 0.286. The molecule has 0 spiro atoms. The Morgan fingerprint density at radius 1 is 1.21 bits per heavy atom. The molecule has 0 aliphatic rings. The molecule has 0 bridgehead atoms. The van der Waals surface area contributed by atoms with Crippen molar-refractivity contribution in [3.8, 4) is 0 Å². The summed E-state index contributed by atoms with van der Waals surface area (Å²) in [7, 11) is 0. The molecule has 1 aromatic carbocycles. The Labute approximate surface area is 87.3 Å². The van der Waals surface area contributed by atoms with Crippen LogP contribution in [0.25, 0.3) is 12.2 Å². The fourth-order valence-electron chi connectivity index (χ4n) is 1.24. The van der Waals surface area contributed by atoms with E-state index in [-0.39, 0.29) is 0 Å². The third-order valence-electron chi connectivity index (χ3n) is 1.86. The normalized spacial score (nSPS) is 12.0. The second-order valence-corrected chi connectivity index (χ2v) is 2.84. The van der Waals surface area contributed by atoms with Gasteiger partial charge in [0.15, 0.2) is 0 Å². The average molecular weight is 188 g/mol. The van der Waals surface area contributed by atoms with Crippen LogP contribution in [0.3, 0.4) is 0 Å². The van der Waals surface area contributed by atoms with E-state index < -0.39 is 0 Å². The largest absolute Gasteiger partial charge is 0.0912 e. The highest BCUT2D eigenvalue weighted by Gasteiger charge is 1.84. The molecule has 1 rings (SSSR count). The zero-order valence-corrected chi connectivity index (χ0v) is 9.67. The summed E-state index contributed by atoms with van der Waals surface area (Å²) in [6.07, 6.45) is 4.14. The molecule has 76 valence electrons. The zero-order valence-electron chi connectivity index (χ0n) is 9.67. The van der Waals surface area contributed by atoms with Crippen LogP contribution in [0.15, 0.2) is 36.4 Å². The summed E-state index contributed by atoms with van der Waals surface area (Å²) < 4.78 is 0. The molecule has 0 N–H and O–H groups in total. The molecule has 0 unspecified atom stereocenters. The van der Waals surface area contributed by atoms with Gasteiger partial charge in [-0.15, -0.1) is 0 Å². The Morgan fingerprint density at radius 3 is 2.29 bits per heavy atom. The van der Waals surface area contributed by atoms with Gasteiger partial charge in [-0.25, -0.2) is 0 Å². The Morgan fingerprint density at radius 2 is 1.79 bits per heavy atom. The molecule has 0 heterocycles. The highest BCUT2D eigenvalue weighted by atomic mass is 13.9. The van der Waals surface area contributed by atoms with Gasteiger partial charge in [0.25, 0.3) is 0 Å². The number of hydrogen-bond acceptors (Lipinski definition) is 0. The van der Waals surface area contributed by atoms with Crippen LogP contribution in [0.5, 0.6) is 0 Å². The summed E-state index contributed by atoms with van der Waals surface area (Å²) in [6.45, 7) is 12.1. The molecule has 0 heteroatoms. The lowest BCUT2D eigenvalue weighted by Gasteiger charge is -1.92. The minimum Gasteiger partial charge on any atom is -0.0912 e. The van der Waals surface area contributed by atoms with Crippen LogP contribution in [0.2, 0.25) is 0 Å². The lowest BCUT2D eigenvalue weighted by Crippen LogP contribution is -2.23. The van der Waals surface area contributed by atoms with Gasteiger partial charge >= 0.3 is 0 Å². The first kappa shape index (κ1) is 12.7. The maximum atomic E-state index is 3.97. The standard InChI is InChI=1S/C12H14.C2H6/c1-4-7-10(2)12-9-6-5-8-11(12)3;1-2/h4-9H,3H2,1-2H3;1-2H3/b7-4-,12-10+;. The van der Waals surface area contributed by atoms with E-state index in [0.29, 0.717) is 0 Å². The summed E-state index contributed by atoms with van der Waals surface area (Å²) >= 11 is 0. The summed E-state index contributed by atoms with van der Waals surface area (Å²) in [5, 5.41) is 2.32. The summed E-state index contributed by atoms with van der Waals surface area (Å²) in [6, 6.07) is 8.17. The molecule has 14 heavy (non-hydrogen) atoms. The average Bonchev–Trinajstić information content (AvgIpc) is 2.22. The summed E-state index contributed by atoms with van der Waals surface area (Å²) in [5.74, 6) is 0. The third-order valence-corrected chi connectivity index (χ3v) is 1.86. The Kier molecular flexibility index (Phi) is 6.47. The predicted octanol–water partition coefficient (Wildman–Crippen LogP) is 2.87. The van der Waals surface area contributed by atoms with Crippen molar-refractivity contribution in [2.24, 2.45) is 0 Å². The van der Waals surface area contributed by atoms with Crippen LogP contribution in [0.1, 0.15) is 27.7 Å². The molecule has 0 radical (unpaired) electrons. The van der Waals surface area contributed by atoms with Crippen molar-refractivity contribution in [1.29, 1.82) is 0 Å². The monoisotopic (exact) mass is 188 g/mol. The number of rotatable bonds is 1. The second-order valence-electron chi connectivity index (χ2n) is 2.84. The number of hydrogen-bond donors (Lipinski definition) is 0. The minimum atomic E-state index is 1.09. The number of allylic oxidation sites excluding steroid dienone is 2. The van der Waals surface area contributed by atoms with E-state index >= 15 is 0 Å². The van der Waals surface area contributed by atoms with Gasteiger partial charge in [0.1, 0.15) is 0 Å². The van der Waals surface area contributed by atoms with Crippen molar-refractivity contribution in [2.75, 3.05) is 0 Å². The quantitative estimate of drug-likeness (QED) is 0.635. The number of benzene rings is 1. The van der Waals surface area contributed by atoms with Gasteiger partial charge in [0.05, 0.1) is 0 Å². The molecule has 0 saturated heterocycles. The van der Waals surface area contributed by atoms with Gasteiger partial charge in [0, 0.05) is 0 Å². The Bertz CT molecular complexity index is 383. The van der Waals surface area contributed by atoms with Crippen LogP contribution >= 0.6 is 0 Å². The molecule has 0 aliphatic heterocycles. The van der Waals surface area contributed by atoms with E-state index in [4.69, 9.17) is 0 Å². The molecular formula is C14H20. The van der Waals surface area contributed by atoms with Crippen LogP contribution in [-0.4, -0.2) is 0 Å². The van der Waals surface area contributed by atoms with E-state index in [9.17, 15) is 0 Å². The Balaban J connectivity index is 0.000000791. The highest BCUT2D eigenvalue weighted by molar-refractivity contribution is 5.53.